The number of nitrogens with two attached hydrogens (primary N) is 1. The van der Waals surface area contributed by atoms with Gasteiger partial charge in [-0.25, -0.2) is 0 Å². The highest BCUT2D eigenvalue weighted by molar-refractivity contribution is 5.81. The molecule has 0 saturated heterocycles. The normalized spacial score (nSPS) is 17.9. The molecule has 0 bridgehead atoms. The van der Waals surface area contributed by atoms with Gasteiger partial charge < -0.3 is 11.1 Å². The first-order valence-electron chi connectivity index (χ1n) is 7.40. The Morgan fingerprint density at radius 3 is 2.39 bits per heavy atom. The molecule has 1 aliphatic carbocycles. The van der Waals surface area contributed by atoms with E-state index in [4.69, 9.17) is 5.73 Å². The van der Waals surface area contributed by atoms with Crippen molar-refractivity contribution in [2.24, 2.45) is 5.73 Å². The van der Waals surface area contributed by atoms with Gasteiger partial charge in [0, 0.05) is 25.2 Å². The van der Waals surface area contributed by atoms with Gasteiger partial charge in [0.2, 0.25) is 5.91 Å². The molecule has 106 valence electrons. The molecule has 1 amide bonds. The summed E-state index contributed by atoms with van der Waals surface area (Å²) in [6.45, 7) is 7.68. The zero-order chi connectivity index (χ0) is 13.5. The van der Waals surface area contributed by atoms with Crippen molar-refractivity contribution in [2.75, 3.05) is 13.1 Å². The van der Waals surface area contributed by atoms with Crippen molar-refractivity contribution < 1.29 is 4.79 Å². The largest absolute Gasteiger partial charge is 0.352 e. The monoisotopic (exact) mass is 255 g/mol. The molecule has 0 radical (unpaired) electrons. The second-order valence-corrected chi connectivity index (χ2v) is 5.31. The van der Waals surface area contributed by atoms with Crippen molar-refractivity contribution in [3.8, 4) is 0 Å². The zero-order valence-corrected chi connectivity index (χ0v) is 12.1. The maximum Gasteiger partial charge on any atom is 0.237 e. The van der Waals surface area contributed by atoms with E-state index >= 15 is 0 Å². The van der Waals surface area contributed by atoms with Crippen molar-refractivity contribution >= 4 is 5.91 Å². The number of hydrogen-bond acceptors (Lipinski definition) is 3. The van der Waals surface area contributed by atoms with Crippen LogP contribution >= 0.6 is 0 Å². The van der Waals surface area contributed by atoms with E-state index in [0.717, 1.165) is 19.4 Å². The van der Waals surface area contributed by atoms with Gasteiger partial charge in [-0.1, -0.05) is 20.3 Å². The smallest absolute Gasteiger partial charge is 0.237 e. The van der Waals surface area contributed by atoms with Crippen LogP contribution in [-0.2, 0) is 4.79 Å². The molecule has 18 heavy (non-hydrogen) atoms. The summed E-state index contributed by atoms with van der Waals surface area (Å²) in [7, 11) is 0. The lowest BCUT2D eigenvalue weighted by atomic mass is 9.90. The highest BCUT2D eigenvalue weighted by Gasteiger charge is 2.31. The van der Waals surface area contributed by atoms with Crippen LogP contribution in [0.3, 0.4) is 0 Å². The van der Waals surface area contributed by atoms with E-state index in [1.807, 2.05) is 6.92 Å². The van der Waals surface area contributed by atoms with Crippen LogP contribution in [-0.4, -0.2) is 42.0 Å². The van der Waals surface area contributed by atoms with Crippen LogP contribution in [0, 0.1) is 0 Å². The fourth-order valence-electron chi connectivity index (χ4n) is 2.53. The number of carbonyl (C=O) groups is 1. The van der Waals surface area contributed by atoms with Gasteiger partial charge in [-0.3, -0.25) is 9.69 Å². The van der Waals surface area contributed by atoms with E-state index in [0.29, 0.717) is 18.6 Å². The first kappa shape index (κ1) is 15.4. The second-order valence-electron chi connectivity index (χ2n) is 5.31. The number of carbonyl (C=O) groups excluding carboxylic acids is 1. The van der Waals surface area contributed by atoms with E-state index < -0.39 is 0 Å². The molecule has 0 aliphatic heterocycles. The Bertz CT molecular complexity index is 249. The Hall–Kier alpha value is -0.610. The standard InChI is InChI=1S/C14H29N3O/c1-4-12(5-2)16-14(18)11(3)17(10-9-15)13-7-6-8-13/h11-13H,4-10,15H2,1-3H3,(H,16,18). The van der Waals surface area contributed by atoms with Crippen LogP contribution in [0.1, 0.15) is 52.9 Å². The summed E-state index contributed by atoms with van der Waals surface area (Å²) < 4.78 is 0. The van der Waals surface area contributed by atoms with Crippen LogP contribution in [0.15, 0.2) is 0 Å². The SMILES string of the molecule is CCC(CC)NC(=O)C(C)N(CCN)C1CCC1. The fraction of sp³-hybridized carbons (Fsp3) is 0.929. The minimum absolute atomic E-state index is 0.0561. The van der Waals surface area contributed by atoms with Crippen molar-refractivity contribution in [3.63, 3.8) is 0 Å². The average Bonchev–Trinajstić information content (AvgIpc) is 2.32. The lowest BCUT2D eigenvalue weighted by Crippen LogP contribution is -2.54. The Labute approximate surface area is 111 Å². The van der Waals surface area contributed by atoms with Gasteiger partial charge in [0.25, 0.3) is 0 Å². The zero-order valence-electron chi connectivity index (χ0n) is 12.1. The number of nitrogens with one attached hydrogen (secondary N) is 1. The van der Waals surface area contributed by atoms with Crippen LogP contribution in [0.4, 0.5) is 0 Å². The summed E-state index contributed by atoms with van der Waals surface area (Å²) in [6, 6.07) is 0.816. The van der Waals surface area contributed by atoms with E-state index in [-0.39, 0.29) is 11.9 Å². The number of rotatable bonds is 8. The number of nitrogens with zero attached hydrogens (tertiary/aromatic N) is 1. The molecule has 1 fully saturated rings. The van der Waals surface area contributed by atoms with Crippen LogP contribution < -0.4 is 11.1 Å². The molecule has 3 N–H and O–H groups in total. The van der Waals surface area contributed by atoms with Crippen LogP contribution in [0.2, 0.25) is 0 Å². The fourth-order valence-corrected chi connectivity index (χ4v) is 2.53. The Balaban J connectivity index is 2.52. The minimum atomic E-state index is -0.0561. The average molecular weight is 255 g/mol. The molecular weight excluding hydrogens is 226 g/mol. The van der Waals surface area contributed by atoms with Crippen LogP contribution in [0.25, 0.3) is 0 Å². The Morgan fingerprint density at radius 2 is 2.00 bits per heavy atom. The van der Waals surface area contributed by atoms with Crippen molar-refractivity contribution in [1.29, 1.82) is 0 Å². The summed E-state index contributed by atoms with van der Waals surface area (Å²) in [5, 5.41) is 3.14. The van der Waals surface area contributed by atoms with E-state index in [9.17, 15) is 4.79 Å². The number of amides is 1. The van der Waals surface area contributed by atoms with Crippen molar-refractivity contribution in [2.45, 2.75) is 71.0 Å². The molecule has 1 rings (SSSR count). The Morgan fingerprint density at radius 1 is 1.39 bits per heavy atom. The third-order valence-corrected chi connectivity index (χ3v) is 4.14. The molecule has 1 aliphatic rings. The molecule has 1 unspecified atom stereocenters. The maximum atomic E-state index is 12.2. The highest BCUT2D eigenvalue weighted by atomic mass is 16.2. The van der Waals surface area contributed by atoms with Gasteiger partial charge in [-0.05, 0) is 32.6 Å². The molecular formula is C14H29N3O. The first-order chi connectivity index (χ1) is 8.63. The molecule has 0 aromatic carbocycles. The summed E-state index contributed by atoms with van der Waals surface area (Å²) in [4.78, 5) is 14.5. The minimum Gasteiger partial charge on any atom is -0.352 e. The van der Waals surface area contributed by atoms with Crippen molar-refractivity contribution in [3.05, 3.63) is 0 Å². The predicted molar refractivity (Wildman–Crippen MR) is 75.4 cm³/mol. The summed E-state index contributed by atoms with van der Waals surface area (Å²) in [6.07, 6.45) is 5.70. The lowest BCUT2D eigenvalue weighted by molar-refractivity contribution is -0.128. The van der Waals surface area contributed by atoms with Gasteiger partial charge >= 0.3 is 0 Å². The van der Waals surface area contributed by atoms with Gasteiger partial charge in [-0.15, -0.1) is 0 Å². The molecule has 0 aromatic rings. The third-order valence-electron chi connectivity index (χ3n) is 4.14. The topological polar surface area (TPSA) is 58.4 Å². The maximum absolute atomic E-state index is 12.2. The number of hydrogen-bond donors (Lipinski definition) is 2. The predicted octanol–water partition coefficient (Wildman–Crippen LogP) is 1.49. The molecule has 4 nitrogen and oxygen atoms in total. The molecule has 0 aromatic heterocycles. The van der Waals surface area contributed by atoms with Gasteiger partial charge in [0.05, 0.1) is 6.04 Å². The summed E-state index contributed by atoms with van der Waals surface area (Å²) in [5.74, 6) is 0.157. The van der Waals surface area contributed by atoms with Gasteiger partial charge in [-0.2, -0.15) is 0 Å². The molecule has 0 heterocycles. The lowest BCUT2D eigenvalue weighted by Gasteiger charge is -2.40. The van der Waals surface area contributed by atoms with E-state index in [1.54, 1.807) is 0 Å². The highest BCUT2D eigenvalue weighted by Crippen LogP contribution is 2.26. The molecule has 1 saturated carbocycles. The van der Waals surface area contributed by atoms with Crippen LogP contribution in [0.5, 0.6) is 0 Å². The van der Waals surface area contributed by atoms with Gasteiger partial charge in [0.1, 0.15) is 0 Å². The molecule has 0 spiro atoms. The Kier molecular flexibility index (Phi) is 6.65. The van der Waals surface area contributed by atoms with E-state index in [1.165, 1.54) is 19.3 Å². The van der Waals surface area contributed by atoms with E-state index in [2.05, 4.69) is 24.1 Å². The first-order valence-corrected chi connectivity index (χ1v) is 7.40. The molecule has 1 atom stereocenters. The third kappa shape index (κ3) is 3.95. The molecule has 4 heteroatoms. The summed E-state index contributed by atoms with van der Waals surface area (Å²) in [5.41, 5.74) is 5.66. The summed E-state index contributed by atoms with van der Waals surface area (Å²) >= 11 is 0. The second kappa shape index (κ2) is 7.74. The van der Waals surface area contributed by atoms with Crippen molar-refractivity contribution in [1.82, 2.24) is 10.2 Å². The van der Waals surface area contributed by atoms with Gasteiger partial charge in [0.15, 0.2) is 0 Å². The quantitative estimate of drug-likeness (QED) is 0.691.